The minimum Gasteiger partial charge on any atom is -0.314 e. The van der Waals surface area contributed by atoms with Gasteiger partial charge in [-0.25, -0.2) is 0 Å². The predicted molar refractivity (Wildman–Crippen MR) is 40.6 cm³/mol. The highest BCUT2D eigenvalue weighted by Gasteiger charge is 1.83. The zero-order valence-electron chi connectivity index (χ0n) is 5.64. The first-order valence-electron chi connectivity index (χ1n) is 2.61. The Kier molecular flexibility index (Phi) is 9.51. The molecular weight excluding hydrogens is 122 g/mol. The first-order valence-corrected chi connectivity index (χ1v) is 2.61. The molecule has 1 nitrogen and oxygen atoms in total. The van der Waals surface area contributed by atoms with Crippen LogP contribution in [-0.4, -0.2) is 13.1 Å². The zero-order valence-corrected chi connectivity index (χ0v) is 6.46. The molecule has 0 bridgehead atoms. The van der Waals surface area contributed by atoms with Crippen LogP contribution in [0.3, 0.4) is 0 Å². The topological polar surface area (TPSA) is 12.0 Å². The van der Waals surface area contributed by atoms with Crippen LogP contribution in [0.25, 0.3) is 0 Å². The molecule has 1 unspecified atom stereocenters. The third-order valence-corrected chi connectivity index (χ3v) is 0.936. The van der Waals surface area contributed by atoms with Crippen LogP contribution >= 0.6 is 12.4 Å². The Hall–Kier alpha value is -0.0100. The summed E-state index contributed by atoms with van der Waals surface area (Å²) in [5.41, 5.74) is 0. The summed E-state index contributed by atoms with van der Waals surface area (Å²) in [6, 6.07) is 0.519. The third-order valence-electron chi connectivity index (χ3n) is 0.936. The first-order chi connectivity index (χ1) is 3.31. The average Bonchev–Trinajstić information content (AvgIpc) is 1.68. The lowest BCUT2D eigenvalue weighted by Gasteiger charge is -1.99. The number of likely N-dealkylation sites (N-methyl/N-ethyl adjacent to an activating group) is 1. The van der Waals surface area contributed by atoms with Crippen LogP contribution in [0, 0.1) is 0 Å². The summed E-state index contributed by atoms with van der Waals surface area (Å²) in [7, 11) is 1.95. The molecule has 0 saturated carbocycles. The molecule has 8 heavy (non-hydrogen) atoms. The lowest BCUT2D eigenvalue weighted by molar-refractivity contribution is 0.728. The SMILES string of the molecule is C/C=C/C(C)NC.Cl. The molecule has 0 aliphatic rings. The van der Waals surface area contributed by atoms with Gasteiger partial charge in [-0.3, -0.25) is 0 Å². The fourth-order valence-electron chi connectivity index (χ4n) is 0.385. The highest BCUT2D eigenvalue weighted by molar-refractivity contribution is 5.85. The second kappa shape index (κ2) is 6.99. The zero-order chi connectivity index (χ0) is 5.70. The second-order valence-electron chi connectivity index (χ2n) is 1.60. The van der Waals surface area contributed by atoms with E-state index in [1.807, 2.05) is 20.0 Å². The van der Waals surface area contributed by atoms with Crippen molar-refractivity contribution in [2.45, 2.75) is 19.9 Å². The summed E-state index contributed by atoms with van der Waals surface area (Å²) < 4.78 is 0. The molecule has 0 aliphatic carbocycles. The van der Waals surface area contributed by atoms with Gasteiger partial charge in [0.25, 0.3) is 0 Å². The quantitative estimate of drug-likeness (QED) is 0.568. The highest BCUT2D eigenvalue weighted by atomic mass is 35.5. The van der Waals surface area contributed by atoms with Gasteiger partial charge in [-0.1, -0.05) is 12.2 Å². The molecule has 0 aromatic heterocycles. The minimum atomic E-state index is 0. The van der Waals surface area contributed by atoms with E-state index in [2.05, 4.69) is 18.3 Å². The molecule has 1 N–H and O–H groups in total. The van der Waals surface area contributed by atoms with Gasteiger partial charge in [-0.05, 0) is 20.9 Å². The smallest absolute Gasteiger partial charge is 0.0218 e. The molecular formula is C6H14ClN. The van der Waals surface area contributed by atoms with Crippen molar-refractivity contribution in [1.29, 1.82) is 0 Å². The normalized spacial score (nSPS) is 13.4. The van der Waals surface area contributed by atoms with Crippen LogP contribution in [0.2, 0.25) is 0 Å². The maximum atomic E-state index is 3.08. The van der Waals surface area contributed by atoms with Crippen LogP contribution in [-0.2, 0) is 0 Å². The number of halogens is 1. The van der Waals surface area contributed by atoms with Gasteiger partial charge in [0.2, 0.25) is 0 Å². The van der Waals surface area contributed by atoms with Crippen LogP contribution < -0.4 is 5.32 Å². The van der Waals surface area contributed by atoms with Crippen molar-refractivity contribution in [3.05, 3.63) is 12.2 Å². The van der Waals surface area contributed by atoms with Crippen molar-refractivity contribution in [2.75, 3.05) is 7.05 Å². The molecule has 0 saturated heterocycles. The number of nitrogens with one attached hydrogen (secondary N) is 1. The molecule has 0 aliphatic heterocycles. The van der Waals surface area contributed by atoms with Crippen molar-refractivity contribution < 1.29 is 0 Å². The monoisotopic (exact) mass is 135 g/mol. The molecule has 0 aromatic carbocycles. The van der Waals surface area contributed by atoms with E-state index >= 15 is 0 Å². The number of hydrogen-bond donors (Lipinski definition) is 1. The fourth-order valence-corrected chi connectivity index (χ4v) is 0.385. The summed E-state index contributed by atoms with van der Waals surface area (Å²) in [5.74, 6) is 0. The summed E-state index contributed by atoms with van der Waals surface area (Å²) in [6.07, 6.45) is 4.15. The fraction of sp³-hybridized carbons (Fsp3) is 0.667. The predicted octanol–water partition coefficient (Wildman–Crippen LogP) is 1.59. The maximum Gasteiger partial charge on any atom is 0.0218 e. The van der Waals surface area contributed by atoms with Crippen molar-refractivity contribution >= 4 is 12.4 Å². The van der Waals surface area contributed by atoms with Crippen LogP contribution in [0.1, 0.15) is 13.8 Å². The summed E-state index contributed by atoms with van der Waals surface area (Å²) in [4.78, 5) is 0. The van der Waals surface area contributed by atoms with Gasteiger partial charge in [0.05, 0.1) is 0 Å². The molecule has 50 valence electrons. The Morgan fingerprint density at radius 2 is 2.00 bits per heavy atom. The van der Waals surface area contributed by atoms with E-state index in [0.717, 1.165) is 0 Å². The minimum absolute atomic E-state index is 0. The van der Waals surface area contributed by atoms with Gasteiger partial charge >= 0.3 is 0 Å². The molecule has 2 heteroatoms. The molecule has 0 amide bonds. The van der Waals surface area contributed by atoms with Crippen LogP contribution in [0.4, 0.5) is 0 Å². The van der Waals surface area contributed by atoms with Gasteiger partial charge < -0.3 is 5.32 Å². The van der Waals surface area contributed by atoms with Crippen molar-refractivity contribution in [3.63, 3.8) is 0 Å². The standard InChI is InChI=1S/C6H13N.ClH/c1-4-5-6(2)7-3;/h4-7H,1-3H3;1H/b5-4+;. The summed E-state index contributed by atoms with van der Waals surface area (Å²) in [6.45, 7) is 4.13. The second-order valence-corrected chi connectivity index (χ2v) is 1.60. The Bertz CT molecular complexity index is 61.5. The van der Waals surface area contributed by atoms with Crippen molar-refractivity contribution in [1.82, 2.24) is 5.32 Å². The molecule has 0 spiro atoms. The van der Waals surface area contributed by atoms with Crippen molar-refractivity contribution in [2.24, 2.45) is 0 Å². The molecule has 0 fully saturated rings. The van der Waals surface area contributed by atoms with E-state index in [-0.39, 0.29) is 12.4 Å². The highest BCUT2D eigenvalue weighted by Crippen LogP contribution is 1.79. The Morgan fingerprint density at radius 3 is 2.12 bits per heavy atom. The van der Waals surface area contributed by atoms with Crippen LogP contribution in [0.15, 0.2) is 12.2 Å². The van der Waals surface area contributed by atoms with E-state index in [1.165, 1.54) is 0 Å². The average molecular weight is 136 g/mol. The van der Waals surface area contributed by atoms with Crippen molar-refractivity contribution in [3.8, 4) is 0 Å². The van der Waals surface area contributed by atoms with Gasteiger partial charge in [-0.2, -0.15) is 0 Å². The van der Waals surface area contributed by atoms with Gasteiger partial charge in [-0.15, -0.1) is 12.4 Å². The number of hydrogen-bond acceptors (Lipinski definition) is 1. The Labute approximate surface area is 57.6 Å². The van der Waals surface area contributed by atoms with E-state index in [4.69, 9.17) is 0 Å². The van der Waals surface area contributed by atoms with E-state index in [0.29, 0.717) is 6.04 Å². The van der Waals surface area contributed by atoms with Crippen LogP contribution in [0.5, 0.6) is 0 Å². The lowest BCUT2D eigenvalue weighted by Crippen LogP contribution is -2.17. The van der Waals surface area contributed by atoms with Gasteiger partial charge in [0.15, 0.2) is 0 Å². The molecule has 0 radical (unpaired) electrons. The van der Waals surface area contributed by atoms with E-state index in [1.54, 1.807) is 0 Å². The number of allylic oxidation sites excluding steroid dienone is 1. The van der Waals surface area contributed by atoms with E-state index < -0.39 is 0 Å². The van der Waals surface area contributed by atoms with E-state index in [9.17, 15) is 0 Å². The molecule has 0 rings (SSSR count). The number of rotatable bonds is 2. The third kappa shape index (κ3) is 5.99. The summed E-state index contributed by atoms with van der Waals surface area (Å²) >= 11 is 0. The molecule has 1 atom stereocenters. The van der Waals surface area contributed by atoms with Gasteiger partial charge in [0.1, 0.15) is 0 Å². The first kappa shape index (κ1) is 10.9. The molecule has 0 heterocycles. The lowest BCUT2D eigenvalue weighted by atomic mass is 10.3. The maximum absolute atomic E-state index is 3.08. The molecule has 0 aromatic rings. The summed E-state index contributed by atoms with van der Waals surface area (Å²) in [5, 5.41) is 3.08. The largest absolute Gasteiger partial charge is 0.314 e. The Balaban J connectivity index is 0. The van der Waals surface area contributed by atoms with Gasteiger partial charge in [0, 0.05) is 6.04 Å². The Morgan fingerprint density at radius 1 is 1.50 bits per heavy atom.